The second-order valence-electron chi connectivity index (χ2n) is 6.38. The Kier molecular flexibility index (Phi) is 7.04. The normalized spacial score (nSPS) is 11.7. The molecule has 0 aliphatic carbocycles. The molecular weight excluding hydrogens is 350 g/mol. The van der Waals surface area contributed by atoms with Gasteiger partial charge in [0.15, 0.2) is 0 Å². The zero-order valence-electron chi connectivity index (χ0n) is 15.2. The molecule has 26 heavy (non-hydrogen) atoms. The third-order valence-electron chi connectivity index (χ3n) is 4.08. The number of hydrogen-bond acceptors (Lipinski definition) is 2. The molecule has 0 aliphatic rings. The maximum Gasteiger partial charge on any atom is 0.315 e. The van der Waals surface area contributed by atoms with E-state index in [9.17, 15) is 9.59 Å². The van der Waals surface area contributed by atoms with Gasteiger partial charge in [0.05, 0.1) is 6.04 Å². The molecule has 6 heteroatoms. The van der Waals surface area contributed by atoms with E-state index in [0.29, 0.717) is 17.1 Å². The van der Waals surface area contributed by atoms with Gasteiger partial charge < -0.3 is 16.0 Å². The minimum absolute atomic E-state index is 0.108. The van der Waals surface area contributed by atoms with E-state index >= 15 is 0 Å². The lowest BCUT2D eigenvalue weighted by atomic mass is 9.96. The van der Waals surface area contributed by atoms with Crippen LogP contribution in [0.3, 0.4) is 0 Å². The monoisotopic (exact) mass is 373 g/mol. The molecule has 5 nitrogen and oxygen atoms in total. The predicted molar refractivity (Wildman–Crippen MR) is 104 cm³/mol. The summed E-state index contributed by atoms with van der Waals surface area (Å²) in [5, 5.41) is 9.10. The lowest BCUT2D eigenvalue weighted by Crippen LogP contribution is -2.39. The van der Waals surface area contributed by atoms with Crippen molar-refractivity contribution in [3.8, 4) is 0 Å². The Morgan fingerprint density at radius 1 is 1.00 bits per heavy atom. The Labute approximate surface area is 159 Å². The van der Waals surface area contributed by atoms with E-state index in [1.54, 1.807) is 19.2 Å². The number of amides is 3. The molecule has 138 valence electrons. The standard InChI is InChI=1S/C20H24ClN3O2/c1-13(2)18(15-8-10-17(21)11-9-15)24-20(26)23-12-14-4-6-16(7-5-14)19(25)22-3/h4-11,13,18H,12H2,1-3H3,(H,22,25)(H2,23,24,26)/t18-/m0/s1. The molecular formula is C20H24ClN3O2. The highest BCUT2D eigenvalue weighted by molar-refractivity contribution is 6.30. The van der Waals surface area contributed by atoms with Gasteiger partial charge in [0, 0.05) is 24.2 Å². The first kappa shape index (κ1) is 19.8. The topological polar surface area (TPSA) is 70.2 Å². The van der Waals surface area contributed by atoms with Crippen LogP contribution < -0.4 is 16.0 Å². The zero-order chi connectivity index (χ0) is 19.1. The Morgan fingerprint density at radius 2 is 1.62 bits per heavy atom. The van der Waals surface area contributed by atoms with Crippen molar-refractivity contribution in [3.63, 3.8) is 0 Å². The van der Waals surface area contributed by atoms with Crippen LogP contribution in [-0.2, 0) is 6.54 Å². The lowest BCUT2D eigenvalue weighted by molar-refractivity contribution is 0.0963. The van der Waals surface area contributed by atoms with Crippen molar-refractivity contribution in [2.45, 2.75) is 26.4 Å². The minimum Gasteiger partial charge on any atom is -0.355 e. The van der Waals surface area contributed by atoms with Crippen LogP contribution in [-0.4, -0.2) is 19.0 Å². The van der Waals surface area contributed by atoms with Crippen molar-refractivity contribution in [1.29, 1.82) is 0 Å². The number of carbonyl (C=O) groups is 2. The molecule has 0 bridgehead atoms. The van der Waals surface area contributed by atoms with E-state index < -0.39 is 0 Å². The SMILES string of the molecule is CNC(=O)c1ccc(CNC(=O)N[C@H](c2ccc(Cl)cc2)C(C)C)cc1. The fourth-order valence-corrected chi connectivity index (χ4v) is 2.72. The van der Waals surface area contributed by atoms with Gasteiger partial charge >= 0.3 is 6.03 Å². The molecule has 0 aromatic heterocycles. The van der Waals surface area contributed by atoms with Crippen molar-refractivity contribution < 1.29 is 9.59 Å². The molecule has 0 unspecified atom stereocenters. The van der Waals surface area contributed by atoms with Gasteiger partial charge in [-0.2, -0.15) is 0 Å². The van der Waals surface area contributed by atoms with Gasteiger partial charge in [0.25, 0.3) is 5.91 Å². The van der Waals surface area contributed by atoms with Gasteiger partial charge in [-0.05, 0) is 41.3 Å². The summed E-state index contributed by atoms with van der Waals surface area (Å²) < 4.78 is 0. The molecule has 3 N–H and O–H groups in total. The molecule has 2 aromatic rings. The second-order valence-corrected chi connectivity index (χ2v) is 6.81. The molecule has 0 saturated heterocycles. The highest BCUT2D eigenvalue weighted by atomic mass is 35.5. The van der Waals surface area contributed by atoms with Crippen LogP contribution in [0.4, 0.5) is 4.79 Å². The molecule has 3 amide bonds. The van der Waals surface area contributed by atoms with Crippen LogP contribution in [0.5, 0.6) is 0 Å². The van der Waals surface area contributed by atoms with E-state index in [2.05, 4.69) is 29.8 Å². The highest BCUT2D eigenvalue weighted by Crippen LogP contribution is 2.23. The highest BCUT2D eigenvalue weighted by Gasteiger charge is 2.18. The van der Waals surface area contributed by atoms with Crippen molar-refractivity contribution in [1.82, 2.24) is 16.0 Å². The van der Waals surface area contributed by atoms with E-state index in [4.69, 9.17) is 11.6 Å². The molecule has 0 radical (unpaired) electrons. The maximum absolute atomic E-state index is 12.3. The summed E-state index contributed by atoms with van der Waals surface area (Å²) >= 11 is 5.93. The third kappa shape index (κ3) is 5.49. The zero-order valence-corrected chi connectivity index (χ0v) is 15.9. The van der Waals surface area contributed by atoms with E-state index in [1.807, 2.05) is 36.4 Å². The summed E-state index contributed by atoms with van der Waals surface area (Å²) in [7, 11) is 1.59. The molecule has 0 aliphatic heterocycles. The van der Waals surface area contributed by atoms with Gasteiger partial charge in [-0.25, -0.2) is 4.79 Å². The minimum atomic E-state index is -0.242. The van der Waals surface area contributed by atoms with E-state index in [1.165, 1.54) is 0 Å². The van der Waals surface area contributed by atoms with Crippen molar-refractivity contribution in [2.75, 3.05) is 7.05 Å². The van der Waals surface area contributed by atoms with Crippen LogP contribution in [0.25, 0.3) is 0 Å². The number of carbonyl (C=O) groups excluding carboxylic acids is 2. The lowest BCUT2D eigenvalue weighted by Gasteiger charge is -2.23. The quantitative estimate of drug-likeness (QED) is 0.718. The van der Waals surface area contributed by atoms with Gasteiger partial charge in [0.2, 0.25) is 0 Å². The third-order valence-corrected chi connectivity index (χ3v) is 4.33. The summed E-state index contributed by atoms with van der Waals surface area (Å²) in [6.45, 7) is 4.49. The van der Waals surface area contributed by atoms with E-state index in [0.717, 1.165) is 11.1 Å². The second kappa shape index (κ2) is 9.25. The molecule has 2 rings (SSSR count). The Bertz CT molecular complexity index is 743. The van der Waals surface area contributed by atoms with Crippen molar-refractivity contribution in [2.24, 2.45) is 5.92 Å². The van der Waals surface area contributed by atoms with Crippen LogP contribution >= 0.6 is 11.6 Å². The number of benzene rings is 2. The molecule has 0 saturated carbocycles. The Morgan fingerprint density at radius 3 is 2.15 bits per heavy atom. The molecule has 0 spiro atoms. The number of nitrogens with one attached hydrogen (secondary N) is 3. The summed E-state index contributed by atoms with van der Waals surface area (Å²) in [6, 6.07) is 14.2. The van der Waals surface area contributed by atoms with Crippen molar-refractivity contribution in [3.05, 3.63) is 70.2 Å². The molecule has 2 aromatic carbocycles. The number of urea groups is 1. The number of hydrogen-bond donors (Lipinski definition) is 3. The average molecular weight is 374 g/mol. The van der Waals surface area contributed by atoms with Gasteiger partial charge in [-0.1, -0.05) is 49.7 Å². The van der Waals surface area contributed by atoms with Crippen LogP contribution in [0.15, 0.2) is 48.5 Å². The Hall–Kier alpha value is -2.53. The Balaban J connectivity index is 1.94. The largest absolute Gasteiger partial charge is 0.355 e. The average Bonchev–Trinajstić information content (AvgIpc) is 2.65. The first-order valence-electron chi connectivity index (χ1n) is 8.51. The first-order chi connectivity index (χ1) is 12.4. The summed E-state index contributed by atoms with van der Waals surface area (Å²) in [5.74, 6) is 0.0961. The number of halogens is 1. The molecule has 0 heterocycles. The van der Waals surface area contributed by atoms with Gasteiger partial charge in [-0.15, -0.1) is 0 Å². The molecule has 1 atom stereocenters. The fraction of sp³-hybridized carbons (Fsp3) is 0.300. The summed E-state index contributed by atoms with van der Waals surface area (Å²) in [5.41, 5.74) is 2.51. The summed E-state index contributed by atoms with van der Waals surface area (Å²) in [4.78, 5) is 23.8. The molecule has 0 fully saturated rings. The first-order valence-corrected chi connectivity index (χ1v) is 8.89. The van der Waals surface area contributed by atoms with Crippen LogP contribution in [0.2, 0.25) is 5.02 Å². The van der Waals surface area contributed by atoms with Crippen LogP contribution in [0.1, 0.15) is 41.4 Å². The maximum atomic E-state index is 12.3. The van der Waals surface area contributed by atoms with Crippen LogP contribution in [0, 0.1) is 5.92 Å². The van der Waals surface area contributed by atoms with E-state index in [-0.39, 0.29) is 23.9 Å². The smallest absolute Gasteiger partial charge is 0.315 e. The predicted octanol–water partition coefficient (Wildman–Crippen LogP) is 3.90. The van der Waals surface area contributed by atoms with Gasteiger partial charge in [-0.3, -0.25) is 4.79 Å². The fourth-order valence-electron chi connectivity index (χ4n) is 2.60. The van der Waals surface area contributed by atoms with Gasteiger partial charge in [0.1, 0.15) is 0 Å². The number of rotatable bonds is 6. The van der Waals surface area contributed by atoms with Crippen molar-refractivity contribution >= 4 is 23.5 Å². The summed E-state index contributed by atoms with van der Waals surface area (Å²) in [6.07, 6.45) is 0.